The lowest BCUT2D eigenvalue weighted by Crippen LogP contribution is -1.57. The molecule has 39 valence electrons. The van der Waals surface area contributed by atoms with Crippen LogP contribution < -0.4 is 0 Å². The lowest BCUT2D eigenvalue weighted by molar-refractivity contribution is 0.957. The maximum atomic E-state index is 3.49. The van der Waals surface area contributed by atoms with E-state index in [2.05, 4.69) is 19.6 Å². The van der Waals surface area contributed by atoms with Gasteiger partial charge in [0.2, 0.25) is 0 Å². The molecular formula is C7H11. The van der Waals surface area contributed by atoms with Gasteiger partial charge >= 0.3 is 0 Å². The normalized spacial score (nSPS) is 9.86. The van der Waals surface area contributed by atoms with E-state index in [1.54, 1.807) is 6.08 Å². The number of hydrogen-bond donors (Lipinski definition) is 0. The zero-order valence-electron chi connectivity index (χ0n) is 4.78. The van der Waals surface area contributed by atoms with Crippen LogP contribution in [0.15, 0.2) is 18.7 Å². The van der Waals surface area contributed by atoms with Crippen LogP contribution in [-0.2, 0) is 0 Å². The van der Waals surface area contributed by atoms with Crippen LogP contribution in [0.3, 0.4) is 0 Å². The van der Waals surface area contributed by atoms with Crippen LogP contribution >= 0.6 is 0 Å². The standard InChI is InChI=1S/C7H11/c1-3-5-7-6-4-2/h3,7H,1,4,6H2,2H3. The molecule has 0 bridgehead atoms. The minimum atomic E-state index is 1.12. The van der Waals surface area contributed by atoms with Gasteiger partial charge < -0.3 is 0 Å². The minimum Gasteiger partial charge on any atom is -0.0985 e. The van der Waals surface area contributed by atoms with E-state index >= 15 is 0 Å². The van der Waals surface area contributed by atoms with Crippen molar-refractivity contribution in [1.29, 1.82) is 0 Å². The van der Waals surface area contributed by atoms with Gasteiger partial charge in [-0.1, -0.05) is 32.1 Å². The van der Waals surface area contributed by atoms with Crippen molar-refractivity contribution in [3.05, 3.63) is 24.8 Å². The highest BCUT2D eigenvalue weighted by atomic mass is 13.7. The molecule has 0 aliphatic carbocycles. The van der Waals surface area contributed by atoms with Crippen LogP contribution in [0.4, 0.5) is 0 Å². The van der Waals surface area contributed by atoms with Gasteiger partial charge in [-0.05, 0) is 12.5 Å². The Morgan fingerprint density at radius 1 is 1.71 bits per heavy atom. The Kier molecular flexibility index (Phi) is 5.07. The summed E-state index contributed by atoms with van der Waals surface area (Å²) in [7, 11) is 0. The van der Waals surface area contributed by atoms with Gasteiger partial charge in [-0.2, -0.15) is 0 Å². The van der Waals surface area contributed by atoms with Crippen LogP contribution in [-0.4, -0.2) is 0 Å². The zero-order chi connectivity index (χ0) is 5.54. The molecule has 0 heteroatoms. The van der Waals surface area contributed by atoms with Gasteiger partial charge in [0, 0.05) is 0 Å². The summed E-state index contributed by atoms with van der Waals surface area (Å²) in [4.78, 5) is 0. The van der Waals surface area contributed by atoms with Crippen molar-refractivity contribution in [3.8, 4) is 0 Å². The quantitative estimate of drug-likeness (QED) is 0.472. The van der Waals surface area contributed by atoms with Crippen LogP contribution in [0.1, 0.15) is 19.8 Å². The Hall–Kier alpha value is -0.520. The molecule has 0 nitrogen and oxygen atoms in total. The smallest absolute Gasteiger partial charge is 0.0233 e. The molecule has 0 saturated heterocycles. The SMILES string of the molecule is C=C/[C]=C/CCC. The Bertz CT molecular complexity index is 60.4. The second-order valence-corrected chi connectivity index (χ2v) is 1.36. The molecule has 0 rings (SSSR count). The molecule has 0 N–H and O–H groups in total. The van der Waals surface area contributed by atoms with Crippen molar-refractivity contribution in [2.45, 2.75) is 19.8 Å². The van der Waals surface area contributed by atoms with Gasteiger partial charge in [0.25, 0.3) is 0 Å². The van der Waals surface area contributed by atoms with Crippen LogP contribution in [0.5, 0.6) is 0 Å². The summed E-state index contributed by atoms with van der Waals surface area (Å²) < 4.78 is 0. The van der Waals surface area contributed by atoms with Crippen LogP contribution in [0.25, 0.3) is 0 Å². The highest BCUT2D eigenvalue weighted by molar-refractivity contribution is 4.87. The largest absolute Gasteiger partial charge is 0.0985 e. The van der Waals surface area contributed by atoms with E-state index in [4.69, 9.17) is 0 Å². The van der Waals surface area contributed by atoms with Gasteiger partial charge in [0.1, 0.15) is 0 Å². The van der Waals surface area contributed by atoms with Gasteiger partial charge in [-0.25, -0.2) is 0 Å². The molecule has 0 heterocycles. The average molecular weight is 95.2 g/mol. The van der Waals surface area contributed by atoms with Crippen molar-refractivity contribution >= 4 is 0 Å². The third-order valence-corrected chi connectivity index (χ3v) is 0.669. The third-order valence-electron chi connectivity index (χ3n) is 0.669. The molecule has 0 fully saturated rings. The Balaban J connectivity index is 2.92. The molecule has 0 aliphatic rings. The first-order chi connectivity index (χ1) is 3.41. The topological polar surface area (TPSA) is 0 Å². The molecule has 0 aromatic rings. The number of allylic oxidation sites excluding steroid dienone is 3. The average Bonchev–Trinajstić information content (AvgIpc) is 1.69. The van der Waals surface area contributed by atoms with Gasteiger partial charge in [-0.3, -0.25) is 0 Å². The van der Waals surface area contributed by atoms with Gasteiger partial charge in [0.05, 0.1) is 0 Å². The molecule has 0 aromatic heterocycles. The molecule has 7 heavy (non-hydrogen) atoms. The fraction of sp³-hybridized carbons (Fsp3) is 0.429. The van der Waals surface area contributed by atoms with Crippen LogP contribution in [0.2, 0.25) is 0 Å². The Labute approximate surface area is 45.5 Å². The van der Waals surface area contributed by atoms with Crippen molar-refractivity contribution in [2.24, 2.45) is 0 Å². The molecule has 0 aliphatic heterocycles. The summed E-state index contributed by atoms with van der Waals surface area (Å²) in [6.07, 6.45) is 8.87. The second kappa shape index (κ2) is 5.48. The van der Waals surface area contributed by atoms with E-state index in [0.29, 0.717) is 0 Å². The molecule has 0 saturated carbocycles. The fourth-order valence-electron chi connectivity index (χ4n) is 0.311. The van der Waals surface area contributed by atoms with E-state index in [-0.39, 0.29) is 0 Å². The summed E-state index contributed by atoms with van der Waals surface area (Å²) in [6.45, 7) is 5.63. The summed E-state index contributed by atoms with van der Waals surface area (Å²) in [5, 5.41) is 0. The predicted octanol–water partition coefficient (Wildman–Crippen LogP) is 2.33. The molecule has 0 atom stereocenters. The summed E-state index contributed by atoms with van der Waals surface area (Å²) in [5.74, 6) is 0. The second-order valence-electron chi connectivity index (χ2n) is 1.36. The number of unbranched alkanes of at least 4 members (excludes halogenated alkanes) is 1. The molecular weight excluding hydrogens is 84.1 g/mol. The third kappa shape index (κ3) is 5.48. The molecule has 0 spiro atoms. The number of hydrogen-bond acceptors (Lipinski definition) is 0. The highest BCUT2D eigenvalue weighted by Gasteiger charge is 1.66. The lowest BCUT2D eigenvalue weighted by Gasteiger charge is -1.76. The Morgan fingerprint density at radius 2 is 2.43 bits per heavy atom. The summed E-state index contributed by atoms with van der Waals surface area (Å²) in [5.41, 5.74) is 0. The van der Waals surface area contributed by atoms with Crippen molar-refractivity contribution in [3.63, 3.8) is 0 Å². The lowest BCUT2D eigenvalue weighted by atomic mass is 10.3. The van der Waals surface area contributed by atoms with Crippen molar-refractivity contribution in [2.75, 3.05) is 0 Å². The maximum absolute atomic E-state index is 3.49. The first-order valence-electron chi connectivity index (χ1n) is 2.60. The van der Waals surface area contributed by atoms with E-state index < -0.39 is 0 Å². The zero-order valence-corrected chi connectivity index (χ0v) is 4.78. The molecule has 0 unspecified atom stereocenters. The van der Waals surface area contributed by atoms with E-state index in [1.165, 1.54) is 6.42 Å². The summed E-state index contributed by atoms with van der Waals surface area (Å²) in [6, 6.07) is 0. The Morgan fingerprint density at radius 3 is 2.86 bits per heavy atom. The number of rotatable bonds is 3. The molecule has 0 aromatic carbocycles. The van der Waals surface area contributed by atoms with E-state index in [1.807, 2.05) is 6.08 Å². The molecule has 1 radical (unpaired) electrons. The summed E-state index contributed by atoms with van der Waals surface area (Å²) >= 11 is 0. The first kappa shape index (κ1) is 6.48. The minimum absolute atomic E-state index is 1.12. The fourth-order valence-corrected chi connectivity index (χ4v) is 0.311. The van der Waals surface area contributed by atoms with Gasteiger partial charge in [-0.15, -0.1) is 0 Å². The van der Waals surface area contributed by atoms with E-state index in [9.17, 15) is 0 Å². The van der Waals surface area contributed by atoms with E-state index in [0.717, 1.165) is 6.42 Å². The highest BCUT2D eigenvalue weighted by Crippen LogP contribution is 1.86. The first-order valence-corrected chi connectivity index (χ1v) is 2.60. The molecule has 0 amide bonds. The van der Waals surface area contributed by atoms with Crippen molar-refractivity contribution < 1.29 is 0 Å². The monoisotopic (exact) mass is 95.1 g/mol. The maximum Gasteiger partial charge on any atom is -0.0233 e. The van der Waals surface area contributed by atoms with Crippen molar-refractivity contribution in [1.82, 2.24) is 0 Å². The predicted molar refractivity (Wildman–Crippen MR) is 32.9 cm³/mol. The van der Waals surface area contributed by atoms with Crippen LogP contribution in [0, 0.1) is 6.08 Å². The van der Waals surface area contributed by atoms with Gasteiger partial charge in [0.15, 0.2) is 0 Å².